The number of nitrogens with zero attached hydrogens (tertiary/aromatic N) is 1. The lowest BCUT2D eigenvalue weighted by molar-refractivity contribution is 0.165. The molecule has 36 heavy (non-hydrogen) atoms. The molecule has 2 N–H and O–H groups in total. The number of alkyl halides is 1. The average molecular weight is 490 g/mol. The van der Waals surface area contributed by atoms with Crippen molar-refractivity contribution in [1.29, 1.82) is 0 Å². The quantitative estimate of drug-likeness (QED) is 0.413. The average Bonchev–Trinajstić information content (AvgIpc) is 3.37. The van der Waals surface area contributed by atoms with E-state index in [4.69, 9.17) is 9.47 Å². The van der Waals surface area contributed by atoms with Gasteiger partial charge in [-0.25, -0.2) is 0 Å². The molecule has 2 aliphatic heterocycles. The molecule has 1 fully saturated rings. The Balaban J connectivity index is 1.38. The summed E-state index contributed by atoms with van der Waals surface area (Å²) in [5.74, 6) is 1.87. The highest BCUT2D eigenvalue weighted by Crippen LogP contribution is 2.47. The number of hydrogen-bond acceptors (Lipinski definition) is 5. The molecule has 3 unspecified atom stereocenters. The summed E-state index contributed by atoms with van der Waals surface area (Å²) < 4.78 is 25.4. The second-order valence-corrected chi connectivity index (χ2v) is 9.80. The fraction of sp³-hybridized carbons (Fsp3) is 0.333. The van der Waals surface area contributed by atoms with Crippen molar-refractivity contribution in [2.45, 2.75) is 32.4 Å². The molecular weight excluding hydrogens is 457 g/mol. The van der Waals surface area contributed by atoms with E-state index in [1.165, 1.54) is 0 Å². The molecule has 0 saturated carbocycles. The van der Waals surface area contributed by atoms with Crippen molar-refractivity contribution in [3.8, 4) is 23.0 Å². The summed E-state index contributed by atoms with van der Waals surface area (Å²) in [6.07, 6.45) is 0.489. The van der Waals surface area contributed by atoms with Crippen LogP contribution in [0.15, 0.2) is 66.7 Å². The number of phenolic OH excluding ortho intramolecular Hbond substituents is 2. The monoisotopic (exact) mass is 489 g/mol. The molecule has 2 aliphatic rings. The number of allylic oxidation sites excluding steroid dienone is 1. The molecule has 5 rings (SSSR count). The van der Waals surface area contributed by atoms with Gasteiger partial charge in [-0.3, -0.25) is 9.29 Å². The van der Waals surface area contributed by atoms with Crippen LogP contribution in [0.2, 0.25) is 0 Å². The van der Waals surface area contributed by atoms with Gasteiger partial charge in [-0.15, -0.1) is 0 Å². The van der Waals surface area contributed by atoms with Crippen LogP contribution in [-0.2, 0) is 0 Å². The van der Waals surface area contributed by atoms with Gasteiger partial charge in [-0.1, -0.05) is 24.3 Å². The lowest BCUT2D eigenvalue weighted by Crippen LogP contribution is -2.35. The number of fused-ring (bicyclic) bond motifs is 1. The maximum Gasteiger partial charge on any atom is 0.150 e. The molecule has 0 bridgehead atoms. The molecule has 0 spiro atoms. The molecule has 0 radical (unpaired) electrons. The van der Waals surface area contributed by atoms with E-state index in [2.05, 4.69) is 11.8 Å². The molecule has 0 aromatic heterocycles. The van der Waals surface area contributed by atoms with Gasteiger partial charge in [0.1, 0.15) is 35.7 Å². The first-order chi connectivity index (χ1) is 17.4. The van der Waals surface area contributed by atoms with Crippen molar-refractivity contribution < 1.29 is 24.1 Å². The Hall–Kier alpha value is -3.51. The SMILES string of the molecule is CC1=C(c2cccc(O)c2)C(c2ccc(OCC(C)N3CCC(CF)C3)cc2)Oc2cc(O)ccc21. The molecule has 188 valence electrons. The molecule has 3 aromatic carbocycles. The van der Waals surface area contributed by atoms with Crippen LogP contribution in [0.3, 0.4) is 0 Å². The molecule has 2 heterocycles. The zero-order chi connectivity index (χ0) is 25.2. The van der Waals surface area contributed by atoms with E-state index in [1.807, 2.05) is 49.4 Å². The topological polar surface area (TPSA) is 62.2 Å². The Morgan fingerprint density at radius 3 is 2.56 bits per heavy atom. The predicted octanol–water partition coefficient (Wildman–Crippen LogP) is 6.22. The van der Waals surface area contributed by atoms with Crippen molar-refractivity contribution in [2.75, 3.05) is 26.4 Å². The van der Waals surface area contributed by atoms with Crippen molar-refractivity contribution in [3.05, 3.63) is 83.4 Å². The summed E-state index contributed by atoms with van der Waals surface area (Å²) in [5.41, 5.74) is 4.71. The van der Waals surface area contributed by atoms with Crippen LogP contribution in [0.25, 0.3) is 11.1 Å². The van der Waals surface area contributed by atoms with Gasteiger partial charge in [0.15, 0.2) is 0 Å². The summed E-state index contributed by atoms with van der Waals surface area (Å²) in [6.45, 7) is 6.15. The van der Waals surface area contributed by atoms with Crippen LogP contribution in [0.1, 0.15) is 43.1 Å². The van der Waals surface area contributed by atoms with E-state index in [9.17, 15) is 14.6 Å². The zero-order valence-corrected chi connectivity index (χ0v) is 20.7. The van der Waals surface area contributed by atoms with Gasteiger partial charge in [0.2, 0.25) is 0 Å². The number of ether oxygens (including phenoxy) is 2. The van der Waals surface area contributed by atoms with E-state index in [1.54, 1.807) is 24.3 Å². The third-order valence-corrected chi connectivity index (χ3v) is 7.27. The van der Waals surface area contributed by atoms with Crippen molar-refractivity contribution in [1.82, 2.24) is 4.90 Å². The van der Waals surface area contributed by atoms with E-state index < -0.39 is 6.10 Å². The van der Waals surface area contributed by atoms with Gasteiger partial charge in [0.25, 0.3) is 0 Å². The van der Waals surface area contributed by atoms with Crippen molar-refractivity contribution >= 4 is 11.1 Å². The fourth-order valence-electron chi connectivity index (χ4n) is 5.17. The van der Waals surface area contributed by atoms with Crippen molar-refractivity contribution in [3.63, 3.8) is 0 Å². The van der Waals surface area contributed by atoms with Gasteiger partial charge < -0.3 is 19.7 Å². The molecule has 5 nitrogen and oxygen atoms in total. The number of hydrogen-bond donors (Lipinski definition) is 2. The highest BCUT2D eigenvalue weighted by molar-refractivity contribution is 5.95. The van der Waals surface area contributed by atoms with Crippen LogP contribution >= 0.6 is 0 Å². The first-order valence-electron chi connectivity index (χ1n) is 12.5. The zero-order valence-electron chi connectivity index (χ0n) is 20.7. The number of phenols is 2. The maximum absolute atomic E-state index is 13.0. The third-order valence-electron chi connectivity index (χ3n) is 7.27. The largest absolute Gasteiger partial charge is 0.508 e. The standard InChI is InChI=1S/C30H32FNO4/c1-19(32-13-12-21(16-31)17-32)18-35-26-9-6-22(7-10-26)30-29(23-4-3-5-24(33)14-23)20(2)27-11-8-25(34)15-28(27)36-30/h3-11,14-15,19,21,30,33-34H,12-13,16-18H2,1-2H3. The van der Waals surface area contributed by atoms with E-state index in [0.29, 0.717) is 12.4 Å². The predicted molar refractivity (Wildman–Crippen MR) is 139 cm³/mol. The second-order valence-electron chi connectivity index (χ2n) is 9.80. The van der Waals surface area contributed by atoms with E-state index >= 15 is 0 Å². The number of likely N-dealkylation sites (tertiary alicyclic amines) is 1. The fourth-order valence-corrected chi connectivity index (χ4v) is 5.17. The molecule has 0 aliphatic carbocycles. The first kappa shape index (κ1) is 24.2. The molecule has 1 saturated heterocycles. The molecule has 0 amide bonds. The van der Waals surface area contributed by atoms with Crippen molar-refractivity contribution in [2.24, 2.45) is 5.92 Å². The van der Waals surface area contributed by atoms with Gasteiger partial charge in [0.05, 0.1) is 6.67 Å². The van der Waals surface area contributed by atoms with Gasteiger partial charge in [0, 0.05) is 35.7 Å². The first-order valence-corrected chi connectivity index (χ1v) is 12.5. The molecule has 3 aromatic rings. The number of halogens is 1. The highest BCUT2D eigenvalue weighted by Gasteiger charge is 2.30. The lowest BCUT2D eigenvalue weighted by Gasteiger charge is -2.31. The normalized spacial score (nSPS) is 20.6. The number of rotatable bonds is 7. The third kappa shape index (κ3) is 4.91. The summed E-state index contributed by atoms with van der Waals surface area (Å²) in [6, 6.07) is 20.4. The molecule has 3 atom stereocenters. The van der Waals surface area contributed by atoms with Crippen LogP contribution in [0.5, 0.6) is 23.0 Å². The second kappa shape index (κ2) is 10.2. The maximum atomic E-state index is 13.0. The van der Waals surface area contributed by atoms with Crippen LogP contribution in [-0.4, -0.2) is 47.5 Å². The van der Waals surface area contributed by atoms with Crippen LogP contribution < -0.4 is 9.47 Å². The lowest BCUT2D eigenvalue weighted by atomic mass is 9.86. The minimum absolute atomic E-state index is 0.145. The minimum atomic E-state index is -0.420. The Kier molecular flexibility index (Phi) is 6.88. The summed E-state index contributed by atoms with van der Waals surface area (Å²) in [4.78, 5) is 2.29. The van der Waals surface area contributed by atoms with Gasteiger partial charge in [-0.2, -0.15) is 0 Å². The van der Waals surface area contributed by atoms with Crippen LogP contribution in [0, 0.1) is 5.92 Å². The van der Waals surface area contributed by atoms with E-state index in [0.717, 1.165) is 53.1 Å². The number of aromatic hydroxyl groups is 2. The smallest absolute Gasteiger partial charge is 0.150 e. The van der Waals surface area contributed by atoms with E-state index in [-0.39, 0.29) is 30.1 Å². The summed E-state index contributed by atoms with van der Waals surface area (Å²) in [7, 11) is 0. The van der Waals surface area contributed by atoms with Crippen LogP contribution in [0.4, 0.5) is 4.39 Å². The number of benzene rings is 3. The summed E-state index contributed by atoms with van der Waals surface area (Å²) >= 11 is 0. The van der Waals surface area contributed by atoms with Gasteiger partial charge >= 0.3 is 0 Å². The molecular formula is C30H32FNO4. The molecule has 6 heteroatoms. The Bertz CT molecular complexity index is 1260. The highest BCUT2D eigenvalue weighted by atomic mass is 19.1. The summed E-state index contributed by atoms with van der Waals surface area (Å²) in [5, 5.41) is 20.2. The van der Waals surface area contributed by atoms with Gasteiger partial charge in [-0.05, 0) is 79.9 Å². The Morgan fingerprint density at radius 2 is 1.83 bits per heavy atom. The Morgan fingerprint density at radius 1 is 1.06 bits per heavy atom. The minimum Gasteiger partial charge on any atom is -0.508 e. The Labute approximate surface area is 211 Å².